The summed E-state index contributed by atoms with van der Waals surface area (Å²) in [5, 5.41) is 10.1. The van der Waals surface area contributed by atoms with Crippen LogP contribution in [0.3, 0.4) is 0 Å². The Hall–Kier alpha value is -1.39. The van der Waals surface area contributed by atoms with E-state index in [1.165, 1.54) is 24.1 Å². The maximum atomic E-state index is 9.15. The van der Waals surface area contributed by atoms with Crippen LogP contribution in [0.4, 0.5) is 10.8 Å². The van der Waals surface area contributed by atoms with E-state index in [0.717, 1.165) is 23.0 Å². The van der Waals surface area contributed by atoms with Crippen molar-refractivity contribution >= 4 is 22.2 Å². The van der Waals surface area contributed by atoms with Crippen LogP contribution in [0.5, 0.6) is 0 Å². The van der Waals surface area contributed by atoms with Crippen LogP contribution >= 0.6 is 11.3 Å². The molecule has 0 unspecified atom stereocenters. The van der Waals surface area contributed by atoms with Crippen molar-refractivity contribution in [3.05, 3.63) is 40.9 Å². The summed E-state index contributed by atoms with van der Waals surface area (Å²) >= 11 is 1.58. The van der Waals surface area contributed by atoms with Crippen molar-refractivity contribution in [3.63, 3.8) is 0 Å². The van der Waals surface area contributed by atoms with E-state index in [9.17, 15) is 0 Å². The summed E-state index contributed by atoms with van der Waals surface area (Å²) in [7, 11) is 0. The molecule has 0 atom stereocenters. The highest BCUT2D eigenvalue weighted by atomic mass is 32.1. The highest BCUT2D eigenvalue weighted by Gasteiger charge is 2.18. The SMILES string of the molecule is OCc1cnc(N2CCCCc3ccccc32)s1. The summed E-state index contributed by atoms with van der Waals surface area (Å²) in [6.45, 7) is 1.09. The Morgan fingerprint density at radius 3 is 3.00 bits per heavy atom. The molecule has 0 saturated heterocycles. The summed E-state index contributed by atoms with van der Waals surface area (Å²) in [6, 6.07) is 8.55. The zero-order valence-electron chi connectivity index (χ0n) is 10.2. The second-order valence-corrected chi connectivity index (χ2v) is 5.60. The van der Waals surface area contributed by atoms with Crippen molar-refractivity contribution < 1.29 is 5.11 Å². The van der Waals surface area contributed by atoms with Gasteiger partial charge in [0.2, 0.25) is 0 Å². The van der Waals surface area contributed by atoms with Gasteiger partial charge in [-0.05, 0) is 30.9 Å². The molecule has 0 aliphatic carbocycles. The highest BCUT2D eigenvalue weighted by molar-refractivity contribution is 7.15. The number of fused-ring (bicyclic) bond motifs is 1. The molecule has 3 rings (SSSR count). The molecular formula is C14H16N2OS. The maximum absolute atomic E-state index is 9.15. The number of aryl methyl sites for hydroxylation is 1. The van der Waals surface area contributed by atoms with Crippen LogP contribution in [0.2, 0.25) is 0 Å². The first-order valence-corrected chi connectivity index (χ1v) is 7.11. The minimum Gasteiger partial charge on any atom is -0.391 e. The Morgan fingerprint density at radius 2 is 2.17 bits per heavy atom. The molecule has 3 nitrogen and oxygen atoms in total. The van der Waals surface area contributed by atoms with E-state index in [2.05, 4.69) is 34.1 Å². The number of hydrogen-bond donors (Lipinski definition) is 1. The van der Waals surface area contributed by atoms with Crippen molar-refractivity contribution in [2.75, 3.05) is 11.4 Å². The molecule has 1 aromatic heterocycles. The standard InChI is InChI=1S/C14H16N2OS/c17-10-12-9-15-14(18-12)16-8-4-3-6-11-5-1-2-7-13(11)16/h1-2,5,7,9,17H,3-4,6,8,10H2. The monoisotopic (exact) mass is 260 g/mol. The first-order valence-electron chi connectivity index (χ1n) is 6.29. The average Bonchev–Trinajstić information content (AvgIpc) is 2.78. The van der Waals surface area contributed by atoms with Crippen LogP contribution in [-0.2, 0) is 13.0 Å². The van der Waals surface area contributed by atoms with E-state index in [1.807, 2.05) is 0 Å². The van der Waals surface area contributed by atoms with Crippen molar-refractivity contribution in [2.45, 2.75) is 25.9 Å². The maximum Gasteiger partial charge on any atom is 0.190 e. The molecule has 4 heteroatoms. The van der Waals surface area contributed by atoms with E-state index >= 15 is 0 Å². The van der Waals surface area contributed by atoms with Crippen LogP contribution in [0.15, 0.2) is 30.5 Å². The van der Waals surface area contributed by atoms with Gasteiger partial charge in [0.15, 0.2) is 5.13 Å². The van der Waals surface area contributed by atoms with Gasteiger partial charge >= 0.3 is 0 Å². The van der Waals surface area contributed by atoms with Gasteiger partial charge in [0, 0.05) is 18.4 Å². The third-order valence-corrected chi connectivity index (χ3v) is 4.29. The van der Waals surface area contributed by atoms with Crippen LogP contribution in [0.1, 0.15) is 23.3 Å². The van der Waals surface area contributed by atoms with Crippen LogP contribution in [0, 0.1) is 0 Å². The number of rotatable bonds is 2. The fourth-order valence-electron chi connectivity index (χ4n) is 2.39. The summed E-state index contributed by atoms with van der Waals surface area (Å²) in [4.78, 5) is 7.64. The molecule has 0 saturated carbocycles. The molecule has 1 N–H and O–H groups in total. The normalized spacial score (nSPS) is 15.3. The lowest BCUT2D eigenvalue weighted by Gasteiger charge is -2.21. The molecule has 0 bridgehead atoms. The van der Waals surface area contributed by atoms with Gasteiger partial charge in [0.05, 0.1) is 11.5 Å². The Labute approximate surface area is 111 Å². The lowest BCUT2D eigenvalue weighted by atomic mass is 10.1. The number of aromatic nitrogens is 1. The topological polar surface area (TPSA) is 36.4 Å². The summed E-state index contributed by atoms with van der Waals surface area (Å²) < 4.78 is 0. The van der Waals surface area contributed by atoms with E-state index < -0.39 is 0 Å². The fourth-order valence-corrected chi connectivity index (χ4v) is 3.19. The molecule has 18 heavy (non-hydrogen) atoms. The minimum atomic E-state index is 0.0765. The second kappa shape index (κ2) is 5.08. The van der Waals surface area contributed by atoms with Crippen molar-refractivity contribution in [1.29, 1.82) is 0 Å². The lowest BCUT2D eigenvalue weighted by Crippen LogP contribution is -2.17. The van der Waals surface area contributed by atoms with Crippen LogP contribution < -0.4 is 4.90 Å². The smallest absolute Gasteiger partial charge is 0.190 e. The van der Waals surface area contributed by atoms with Gasteiger partial charge in [-0.25, -0.2) is 4.98 Å². The molecule has 2 heterocycles. The Morgan fingerprint density at radius 1 is 1.28 bits per heavy atom. The lowest BCUT2D eigenvalue weighted by molar-refractivity contribution is 0.285. The molecular weight excluding hydrogens is 244 g/mol. The zero-order chi connectivity index (χ0) is 12.4. The molecule has 1 aliphatic heterocycles. The number of aliphatic hydroxyl groups excluding tert-OH is 1. The molecule has 0 radical (unpaired) electrons. The number of aliphatic hydroxyl groups is 1. The molecule has 94 valence electrons. The van der Waals surface area contributed by atoms with E-state index in [4.69, 9.17) is 5.11 Å². The van der Waals surface area contributed by atoms with Gasteiger partial charge in [-0.1, -0.05) is 29.5 Å². The number of nitrogens with zero attached hydrogens (tertiary/aromatic N) is 2. The largest absolute Gasteiger partial charge is 0.391 e. The summed E-state index contributed by atoms with van der Waals surface area (Å²) in [5.74, 6) is 0. The van der Waals surface area contributed by atoms with Gasteiger partial charge < -0.3 is 10.0 Å². The van der Waals surface area contributed by atoms with Crippen molar-refractivity contribution in [2.24, 2.45) is 0 Å². The number of thiazole rings is 1. The molecule has 0 fully saturated rings. The number of hydrogen-bond acceptors (Lipinski definition) is 4. The summed E-state index contributed by atoms with van der Waals surface area (Å²) in [6.07, 6.45) is 5.33. The van der Waals surface area contributed by atoms with Gasteiger partial charge in [-0.2, -0.15) is 0 Å². The molecule has 1 aliphatic rings. The van der Waals surface area contributed by atoms with Gasteiger partial charge in [0.1, 0.15) is 0 Å². The van der Waals surface area contributed by atoms with Crippen molar-refractivity contribution in [1.82, 2.24) is 4.98 Å². The van der Waals surface area contributed by atoms with Gasteiger partial charge in [-0.15, -0.1) is 0 Å². The predicted octanol–water partition coefficient (Wildman–Crippen LogP) is 3.11. The van der Waals surface area contributed by atoms with Gasteiger partial charge in [-0.3, -0.25) is 0 Å². The molecule has 1 aromatic carbocycles. The molecule has 0 spiro atoms. The number of benzene rings is 1. The van der Waals surface area contributed by atoms with Crippen molar-refractivity contribution in [3.8, 4) is 0 Å². The quantitative estimate of drug-likeness (QED) is 0.901. The minimum absolute atomic E-state index is 0.0765. The Bertz CT molecular complexity index is 538. The van der Waals surface area contributed by atoms with E-state index in [-0.39, 0.29) is 6.61 Å². The van der Waals surface area contributed by atoms with E-state index in [0.29, 0.717) is 0 Å². The third-order valence-electron chi connectivity index (χ3n) is 3.29. The molecule has 0 amide bonds. The highest BCUT2D eigenvalue weighted by Crippen LogP contribution is 2.34. The van der Waals surface area contributed by atoms with Crippen LogP contribution in [-0.4, -0.2) is 16.6 Å². The molecule has 2 aromatic rings. The second-order valence-electron chi connectivity index (χ2n) is 4.50. The first-order chi connectivity index (χ1) is 8.88. The predicted molar refractivity (Wildman–Crippen MR) is 74.4 cm³/mol. The Balaban J connectivity index is 2.00. The number of para-hydroxylation sites is 1. The zero-order valence-corrected chi connectivity index (χ0v) is 11.0. The van der Waals surface area contributed by atoms with E-state index in [1.54, 1.807) is 17.5 Å². The van der Waals surface area contributed by atoms with Gasteiger partial charge in [0.25, 0.3) is 0 Å². The van der Waals surface area contributed by atoms with Crippen LogP contribution in [0.25, 0.3) is 0 Å². The number of anilines is 2. The summed E-state index contributed by atoms with van der Waals surface area (Å²) in [5.41, 5.74) is 2.67. The Kier molecular flexibility index (Phi) is 3.30. The fraction of sp³-hybridized carbons (Fsp3) is 0.357. The third kappa shape index (κ3) is 2.13. The first kappa shape index (κ1) is 11.7. The average molecular weight is 260 g/mol.